The van der Waals surface area contributed by atoms with Crippen LogP contribution in [0.4, 0.5) is 0 Å². The lowest BCUT2D eigenvalue weighted by atomic mass is 9.98. The highest BCUT2D eigenvalue weighted by atomic mass is 15.2. The van der Waals surface area contributed by atoms with E-state index in [1.54, 1.807) is 0 Å². The molecular weight excluding hydrogens is 514 g/mol. The molecule has 42 heavy (non-hydrogen) atoms. The highest BCUT2D eigenvalue weighted by molar-refractivity contribution is 6.10. The predicted molar refractivity (Wildman–Crippen MR) is 173 cm³/mol. The molecule has 8 rings (SSSR count). The van der Waals surface area contributed by atoms with Crippen molar-refractivity contribution in [2.75, 3.05) is 0 Å². The highest BCUT2D eigenvalue weighted by Crippen LogP contribution is 2.36. The summed E-state index contributed by atoms with van der Waals surface area (Å²) in [5.41, 5.74) is 10.7. The lowest BCUT2D eigenvalue weighted by Gasteiger charge is -2.17. The van der Waals surface area contributed by atoms with Crippen LogP contribution < -0.4 is 0 Å². The van der Waals surface area contributed by atoms with E-state index in [2.05, 4.69) is 140 Å². The minimum absolute atomic E-state index is 0.638. The van der Waals surface area contributed by atoms with E-state index in [0.29, 0.717) is 5.95 Å². The van der Waals surface area contributed by atoms with Crippen LogP contribution >= 0.6 is 0 Å². The molecule has 202 valence electrons. The van der Waals surface area contributed by atoms with Gasteiger partial charge in [-0.25, -0.2) is 4.98 Å². The molecule has 0 fully saturated rings. The first-order valence-corrected chi connectivity index (χ1v) is 14.3. The van der Waals surface area contributed by atoms with Crippen molar-refractivity contribution in [1.29, 1.82) is 0 Å². The van der Waals surface area contributed by atoms with Gasteiger partial charge in [0.15, 0.2) is 0 Å². The van der Waals surface area contributed by atoms with Crippen LogP contribution in [0.5, 0.6) is 0 Å². The van der Waals surface area contributed by atoms with Crippen molar-refractivity contribution in [3.8, 4) is 23.0 Å². The molecule has 0 bridgehead atoms. The van der Waals surface area contributed by atoms with E-state index < -0.39 is 0 Å². The molecule has 0 atom stereocenters. The Morgan fingerprint density at radius 3 is 1.40 bits per heavy atom. The van der Waals surface area contributed by atoms with Crippen molar-refractivity contribution in [2.24, 2.45) is 0 Å². The summed E-state index contributed by atoms with van der Waals surface area (Å²) in [6.07, 6.45) is 0. The molecule has 0 unspecified atom stereocenters. The fourth-order valence-electron chi connectivity index (χ4n) is 6.57. The first kappa shape index (κ1) is 24.5. The van der Waals surface area contributed by atoms with Crippen molar-refractivity contribution in [1.82, 2.24) is 24.1 Å². The van der Waals surface area contributed by atoms with Gasteiger partial charge in [0.1, 0.15) is 5.82 Å². The average Bonchev–Trinajstić information content (AvgIpc) is 3.53. The second-order valence-electron chi connectivity index (χ2n) is 11.1. The molecule has 0 aliphatic heterocycles. The number of pyridine rings is 1. The largest absolute Gasteiger partial charge is 0.294 e. The summed E-state index contributed by atoms with van der Waals surface area (Å²) in [6.45, 7) is 8.47. The standard InChI is InChI=1S/C37H29N5/c1-22-23(2)36(25(4)38-24(22)3)30-21-35(41-31-17-9-5-13-26(31)27-14-6-10-18-32(27)41)40-37(39-30)42-33-19-11-7-15-28(33)29-16-8-12-20-34(29)42/h5-21H,1-4H3. The number of benzene rings is 4. The van der Waals surface area contributed by atoms with Crippen LogP contribution in [0, 0.1) is 27.7 Å². The van der Waals surface area contributed by atoms with Crippen LogP contribution in [0.1, 0.15) is 22.5 Å². The summed E-state index contributed by atoms with van der Waals surface area (Å²) >= 11 is 0. The summed E-state index contributed by atoms with van der Waals surface area (Å²) in [4.78, 5) is 15.6. The summed E-state index contributed by atoms with van der Waals surface area (Å²) in [7, 11) is 0. The Morgan fingerprint density at radius 1 is 0.452 bits per heavy atom. The Kier molecular flexibility index (Phi) is 5.32. The molecule has 0 amide bonds. The van der Waals surface area contributed by atoms with E-state index in [1.165, 1.54) is 32.7 Å². The second kappa shape index (κ2) is 9.11. The maximum Gasteiger partial charge on any atom is 0.237 e. The lowest BCUT2D eigenvalue weighted by molar-refractivity contribution is 0.948. The Bertz CT molecular complexity index is 2120. The summed E-state index contributed by atoms with van der Waals surface area (Å²) in [5.74, 6) is 1.46. The van der Waals surface area contributed by atoms with Crippen molar-refractivity contribution < 1.29 is 0 Å². The quantitative estimate of drug-likeness (QED) is 0.223. The van der Waals surface area contributed by atoms with E-state index in [-0.39, 0.29) is 0 Å². The number of aryl methyl sites for hydroxylation is 2. The van der Waals surface area contributed by atoms with Gasteiger partial charge in [0.2, 0.25) is 5.95 Å². The average molecular weight is 544 g/mol. The third-order valence-corrected chi connectivity index (χ3v) is 8.72. The van der Waals surface area contributed by atoms with Gasteiger partial charge in [-0.05, 0) is 63.1 Å². The third kappa shape index (κ3) is 3.46. The van der Waals surface area contributed by atoms with Gasteiger partial charge in [-0.2, -0.15) is 4.98 Å². The minimum atomic E-state index is 0.638. The van der Waals surface area contributed by atoms with E-state index in [9.17, 15) is 0 Å². The van der Waals surface area contributed by atoms with Gasteiger partial charge in [-0.15, -0.1) is 0 Å². The van der Waals surface area contributed by atoms with Gasteiger partial charge in [0.25, 0.3) is 0 Å². The minimum Gasteiger partial charge on any atom is -0.294 e. The lowest BCUT2D eigenvalue weighted by Crippen LogP contribution is -2.09. The van der Waals surface area contributed by atoms with Gasteiger partial charge < -0.3 is 0 Å². The molecule has 0 radical (unpaired) electrons. The van der Waals surface area contributed by atoms with Gasteiger partial charge >= 0.3 is 0 Å². The van der Waals surface area contributed by atoms with Gasteiger partial charge in [0.05, 0.1) is 27.8 Å². The summed E-state index contributed by atoms with van der Waals surface area (Å²) in [6, 6.07) is 36.2. The number of rotatable bonds is 3. The van der Waals surface area contributed by atoms with Crippen molar-refractivity contribution in [2.45, 2.75) is 27.7 Å². The highest BCUT2D eigenvalue weighted by Gasteiger charge is 2.21. The van der Waals surface area contributed by atoms with Crippen molar-refractivity contribution in [3.05, 3.63) is 126 Å². The second-order valence-corrected chi connectivity index (χ2v) is 11.1. The number of hydrogen-bond acceptors (Lipinski definition) is 3. The number of para-hydroxylation sites is 4. The molecule has 4 aromatic carbocycles. The molecule has 8 aromatic rings. The fraction of sp³-hybridized carbons (Fsp3) is 0.108. The van der Waals surface area contributed by atoms with E-state index in [4.69, 9.17) is 15.0 Å². The Balaban J connectivity index is 1.53. The smallest absolute Gasteiger partial charge is 0.237 e. The van der Waals surface area contributed by atoms with Crippen LogP contribution in [0.2, 0.25) is 0 Å². The normalized spacial score (nSPS) is 11.8. The maximum atomic E-state index is 5.34. The Labute approximate surface area is 243 Å². The SMILES string of the molecule is Cc1nc(C)c(-c2cc(-n3c4ccccc4c4ccccc43)nc(-n3c4ccccc4c4ccccc43)n2)c(C)c1C. The summed E-state index contributed by atoms with van der Waals surface area (Å²) < 4.78 is 4.47. The summed E-state index contributed by atoms with van der Waals surface area (Å²) in [5, 5.41) is 4.76. The first-order chi connectivity index (χ1) is 20.5. The Hall–Kier alpha value is -5.29. The van der Waals surface area contributed by atoms with E-state index >= 15 is 0 Å². The number of fused-ring (bicyclic) bond motifs is 6. The van der Waals surface area contributed by atoms with Crippen LogP contribution in [0.15, 0.2) is 103 Å². The first-order valence-electron chi connectivity index (χ1n) is 14.3. The zero-order valence-corrected chi connectivity index (χ0v) is 24.1. The Morgan fingerprint density at radius 2 is 0.905 bits per heavy atom. The molecule has 4 aromatic heterocycles. The van der Waals surface area contributed by atoms with Crippen molar-refractivity contribution in [3.63, 3.8) is 0 Å². The molecule has 5 nitrogen and oxygen atoms in total. The fourth-order valence-corrected chi connectivity index (χ4v) is 6.57. The molecule has 0 spiro atoms. The zero-order chi connectivity index (χ0) is 28.5. The third-order valence-electron chi connectivity index (χ3n) is 8.72. The predicted octanol–water partition coefficient (Wildman–Crippen LogP) is 8.97. The van der Waals surface area contributed by atoms with Gasteiger partial charge in [-0.1, -0.05) is 72.8 Å². The molecule has 4 heterocycles. The molecule has 0 saturated heterocycles. The van der Waals surface area contributed by atoms with Gasteiger partial charge in [-0.3, -0.25) is 14.1 Å². The molecule has 0 N–H and O–H groups in total. The molecular formula is C37H29N5. The maximum absolute atomic E-state index is 5.34. The van der Waals surface area contributed by atoms with E-state index in [1.807, 2.05) is 0 Å². The molecule has 0 aliphatic rings. The number of hydrogen-bond donors (Lipinski definition) is 0. The topological polar surface area (TPSA) is 48.5 Å². The van der Waals surface area contributed by atoms with Crippen LogP contribution in [0.25, 0.3) is 66.6 Å². The number of aromatic nitrogens is 5. The zero-order valence-electron chi connectivity index (χ0n) is 24.1. The molecule has 0 aliphatic carbocycles. The van der Waals surface area contributed by atoms with Crippen molar-refractivity contribution >= 4 is 43.6 Å². The van der Waals surface area contributed by atoms with E-state index in [0.717, 1.165) is 50.5 Å². The molecule has 5 heteroatoms. The monoisotopic (exact) mass is 543 g/mol. The van der Waals surface area contributed by atoms with Gasteiger partial charge in [0, 0.05) is 44.6 Å². The molecule has 0 saturated carbocycles. The van der Waals surface area contributed by atoms with Crippen LogP contribution in [-0.2, 0) is 0 Å². The van der Waals surface area contributed by atoms with Crippen LogP contribution in [-0.4, -0.2) is 24.1 Å². The van der Waals surface area contributed by atoms with Crippen LogP contribution in [0.3, 0.4) is 0 Å². The number of nitrogens with zero attached hydrogens (tertiary/aromatic N) is 5.